The van der Waals surface area contributed by atoms with Crippen LogP contribution < -0.4 is 10.1 Å². The number of nitrogens with one attached hydrogen (secondary N) is 1. The number of benzene rings is 1. The Morgan fingerprint density at radius 1 is 1.15 bits per heavy atom. The highest BCUT2D eigenvalue weighted by molar-refractivity contribution is 9.10. The Kier molecular flexibility index (Phi) is 5.15. The van der Waals surface area contributed by atoms with Crippen LogP contribution in [0.2, 0.25) is 0 Å². The molecule has 2 aromatic rings. The molecule has 3 nitrogen and oxygen atoms in total. The fourth-order valence-corrected chi connectivity index (χ4v) is 2.71. The molecule has 4 heteroatoms. The summed E-state index contributed by atoms with van der Waals surface area (Å²) in [7, 11) is 1.67. The van der Waals surface area contributed by atoms with Crippen molar-refractivity contribution in [2.45, 2.75) is 25.9 Å². The van der Waals surface area contributed by atoms with Crippen LogP contribution >= 0.6 is 15.9 Å². The van der Waals surface area contributed by atoms with E-state index in [9.17, 15) is 0 Å². The molecule has 0 aliphatic rings. The predicted molar refractivity (Wildman–Crippen MR) is 84.9 cm³/mol. The van der Waals surface area contributed by atoms with Gasteiger partial charge in [-0.1, -0.05) is 12.1 Å². The van der Waals surface area contributed by atoms with Crippen molar-refractivity contribution >= 4 is 15.9 Å². The summed E-state index contributed by atoms with van der Waals surface area (Å²) in [5, 5.41) is 3.58. The summed E-state index contributed by atoms with van der Waals surface area (Å²) in [6.07, 6.45) is 3.69. The van der Waals surface area contributed by atoms with Gasteiger partial charge in [0, 0.05) is 24.5 Å². The van der Waals surface area contributed by atoms with Gasteiger partial charge in [-0.2, -0.15) is 0 Å². The second-order valence-corrected chi connectivity index (χ2v) is 5.64. The zero-order chi connectivity index (χ0) is 14.5. The first-order chi connectivity index (χ1) is 9.61. The molecule has 2 unspecified atom stereocenters. The average Bonchev–Trinajstić information content (AvgIpc) is 2.48. The van der Waals surface area contributed by atoms with E-state index in [4.69, 9.17) is 4.74 Å². The SMILES string of the molecule is COc1ccc(C(C)NC(C)c2cccnc2)cc1Br. The molecular weight excluding hydrogens is 316 g/mol. The molecule has 0 bridgehead atoms. The Morgan fingerprint density at radius 2 is 1.90 bits per heavy atom. The fraction of sp³-hybridized carbons (Fsp3) is 0.312. The third-order valence-corrected chi connectivity index (χ3v) is 3.98. The first kappa shape index (κ1) is 15.0. The number of pyridine rings is 1. The molecule has 106 valence electrons. The quantitative estimate of drug-likeness (QED) is 0.886. The van der Waals surface area contributed by atoms with Crippen LogP contribution in [-0.2, 0) is 0 Å². The van der Waals surface area contributed by atoms with Crippen molar-refractivity contribution in [3.05, 3.63) is 58.3 Å². The average molecular weight is 335 g/mol. The molecule has 0 aliphatic heterocycles. The summed E-state index contributed by atoms with van der Waals surface area (Å²) in [6, 6.07) is 10.7. The number of ether oxygens (including phenoxy) is 1. The summed E-state index contributed by atoms with van der Waals surface area (Å²) in [5.74, 6) is 0.848. The monoisotopic (exact) mass is 334 g/mol. The molecule has 2 atom stereocenters. The second kappa shape index (κ2) is 6.86. The first-order valence-corrected chi connectivity index (χ1v) is 7.40. The molecule has 1 N–H and O–H groups in total. The molecule has 0 radical (unpaired) electrons. The lowest BCUT2D eigenvalue weighted by atomic mass is 10.1. The number of nitrogens with zero attached hydrogens (tertiary/aromatic N) is 1. The van der Waals surface area contributed by atoms with Crippen molar-refractivity contribution in [1.29, 1.82) is 0 Å². The van der Waals surface area contributed by atoms with Gasteiger partial charge in [-0.15, -0.1) is 0 Å². The first-order valence-electron chi connectivity index (χ1n) is 6.61. The van der Waals surface area contributed by atoms with E-state index >= 15 is 0 Å². The topological polar surface area (TPSA) is 34.1 Å². The molecule has 0 fully saturated rings. The zero-order valence-electron chi connectivity index (χ0n) is 11.9. The summed E-state index contributed by atoms with van der Waals surface area (Å²) >= 11 is 3.52. The van der Waals surface area contributed by atoms with Gasteiger partial charge >= 0.3 is 0 Å². The van der Waals surface area contributed by atoms with Crippen LogP contribution in [0.3, 0.4) is 0 Å². The Hall–Kier alpha value is -1.39. The number of hydrogen-bond acceptors (Lipinski definition) is 3. The van der Waals surface area contributed by atoms with Crippen molar-refractivity contribution < 1.29 is 4.74 Å². The lowest BCUT2D eigenvalue weighted by molar-refractivity contribution is 0.411. The highest BCUT2D eigenvalue weighted by atomic mass is 79.9. The van der Waals surface area contributed by atoms with Crippen LogP contribution in [0.25, 0.3) is 0 Å². The van der Waals surface area contributed by atoms with E-state index in [1.807, 2.05) is 18.3 Å². The van der Waals surface area contributed by atoms with E-state index in [-0.39, 0.29) is 12.1 Å². The normalized spacial score (nSPS) is 13.8. The van der Waals surface area contributed by atoms with E-state index in [0.717, 1.165) is 10.2 Å². The van der Waals surface area contributed by atoms with Crippen molar-refractivity contribution in [2.75, 3.05) is 7.11 Å². The van der Waals surface area contributed by atoms with Gasteiger partial charge in [0.05, 0.1) is 11.6 Å². The van der Waals surface area contributed by atoms with Crippen LogP contribution in [0.15, 0.2) is 47.2 Å². The van der Waals surface area contributed by atoms with Crippen LogP contribution in [0.1, 0.15) is 37.1 Å². The van der Waals surface area contributed by atoms with E-state index in [0.29, 0.717) is 0 Å². The second-order valence-electron chi connectivity index (χ2n) is 4.79. The molecule has 20 heavy (non-hydrogen) atoms. The molecule has 0 aliphatic carbocycles. The van der Waals surface area contributed by atoms with Crippen LogP contribution in [0, 0.1) is 0 Å². The standard InChI is InChI=1S/C16H19BrN2O/c1-11(13-6-7-16(20-3)15(17)9-13)19-12(2)14-5-4-8-18-10-14/h4-12,19H,1-3H3. The Balaban J connectivity index is 2.08. The van der Waals surface area contributed by atoms with Crippen LogP contribution in [-0.4, -0.2) is 12.1 Å². The number of hydrogen-bond donors (Lipinski definition) is 1. The minimum atomic E-state index is 0.243. The highest BCUT2D eigenvalue weighted by Crippen LogP contribution is 2.28. The third-order valence-electron chi connectivity index (χ3n) is 3.36. The summed E-state index contributed by atoms with van der Waals surface area (Å²) in [5.41, 5.74) is 2.40. The smallest absolute Gasteiger partial charge is 0.133 e. The molecule has 0 spiro atoms. The molecule has 1 aromatic heterocycles. The van der Waals surface area contributed by atoms with Crippen molar-refractivity contribution in [1.82, 2.24) is 10.3 Å². The number of methoxy groups -OCH3 is 1. The van der Waals surface area contributed by atoms with Gasteiger partial charge in [-0.05, 0) is 59.1 Å². The van der Waals surface area contributed by atoms with Crippen LogP contribution in [0.5, 0.6) is 5.75 Å². The van der Waals surface area contributed by atoms with E-state index < -0.39 is 0 Å². The molecule has 1 heterocycles. The van der Waals surface area contributed by atoms with Gasteiger partial charge < -0.3 is 10.1 Å². The van der Waals surface area contributed by atoms with Crippen molar-refractivity contribution in [3.8, 4) is 5.75 Å². The minimum absolute atomic E-state index is 0.243. The fourth-order valence-electron chi connectivity index (χ4n) is 2.15. The number of rotatable bonds is 5. The third kappa shape index (κ3) is 3.58. The number of aromatic nitrogens is 1. The van der Waals surface area contributed by atoms with Crippen molar-refractivity contribution in [2.24, 2.45) is 0 Å². The van der Waals surface area contributed by atoms with Gasteiger partial charge in [0.15, 0.2) is 0 Å². The Labute approximate surface area is 128 Å². The van der Waals surface area contributed by atoms with E-state index in [1.165, 1.54) is 11.1 Å². The molecule has 0 amide bonds. The lowest BCUT2D eigenvalue weighted by Crippen LogP contribution is -2.22. The molecule has 2 rings (SSSR count). The van der Waals surface area contributed by atoms with Gasteiger partial charge in [0.25, 0.3) is 0 Å². The zero-order valence-corrected chi connectivity index (χ0v) is 13.5. The lowest BCUT2D eigenvalue weighted by Gasteiger charge is -2.21. The maximum atomic E-state index is 5.25. The summed E-state index contributed by atoms with van der Waals surface area (Å²) < 4.78 is 6.23. The van der Waals surface area contributed by atoms with E-state index in [1.54, 1.807) is 13.3 Å². The van der Waals surface area contributed by atoms with Gasteiger partial charge in [0.2, 0.25) is 0 Å². The van der Waals surface area contributed by atoms with E-state index in [2.05, 4.69) is 58.3 Å². The minimum Gasteiger partial charge on any atom is -0.496 e. The molecule has 0 saturated carbocycles. The van der Waals surface area contributed by atoms with Gasteiger partial charge in [-0.25, -0.2) is 0 Å². The van der Waals surface area contributed by atoms with Crippen LogP contribution in [0.4, 0.5) is 0 Å². The molecule has 0 saturated heterocycles. The molecule has 1 aromatic carbocycles. The molecular formula is C16H19BrN2O. The summed E-state index contributed by atoms with van der Waals surface area (Å²) in [4.78, 5) is 4.16. The maximum Gasteiger partial charge on any atom is 0.133 e. The Bertz CT molecular complexity index is 560. The maximum absolute atomic E-state index is 5.25. The highest BCUT2D eigenvalue weighted by Gasteiger charge is 2.12. The van der Waals surface area contributed by atoms with Gasteiger partial charge in [-0.3, -0.25) is 4.98 Å². The van der Waals surface area contributed by atoms with Gasteiger partial charge in [0.1, 0.15) is 5.75 Å². The Morgan fingerprint density at radius 3 is 2.50 bits per heavy atom. The largest absolute Gasteiger partial charge is 0.496 e. The predicted octanol–water partition coefficient (Wildman–Crippen LogP) is 4.26. The van der Waals surface area contributed by atoms with Crippen molar-refractivity contribution in [3.63, 3.8) is 0 Å². The number of halogens is 1. The summed E-state index contributed by atoms with van der Waals surface area (Å²) in [6.45, 7) is 4.30.